The fourth-order valence-electron chi connectivity index (χ4n) is 2.75. The van der Waals surface area contributed by atoms with E-state index in [1.54, 1.807) is 11.3 Å². The molecular weight excluding hydrogens is 276 g/mol. The predicted octanol–water partition coefficient (Wildman–Crippen LogP) is 3.74. The molecule has 0 spiro atoms. The molecule has 2 aromatic rings. The van der Waals surface area contributed by atoms with Crippen LogP contribution in [0, 0.1) is 0 Å². The average Bonchev–Trinajstić information content (AvgIpc) is 2.74. The van der Waals surface area contributed by atoms with Gasteiger partial charge in [0, 0.05) is 34.1 Å². The van der Waals surface area contributed by atoms with Crippen LogP contribution in [0.4, 0.5) is 0 Å². The molecule has 1 aromatic carbocycles. The van der Waals surface area contributed by atoms with Crippen LogP contribution in [-0.2, 0) is 6.54 Å². The van der Waals surface area contributed by atoms with E-state index in [4.69, 9.17) is 11.6 Å². The number of halogens is 1. The van der Waals surface area contributed by atoms with Crippen LogP contribution in [0.1, 0.15) is 17.7 Å². The van der Waals surface area contributed by atoms with Crippen molar-refractivity contribution in [2.45, 2.75) is 25.4 Å². The van der Waals surface area contributed by atoms with Crippen molar-refractivity contribution in [1.82, 2.24) is 10.2 Å². The summed E-state index contributed by atoms with van der Waals surface area (Å²) in [6.07, 6.45) is 2.56. The van der Waals surface area contributed by atoms with Crippen molar-refractivity contribution >= 4 is 33.0 Å². The van der Waals surface area contributed by atoms with Crippen LogP contribution in [0.25, 0.3) is 10.1 Å². The lowest BCUT2D eigenvalue weighted by atomic mass is 10.1. The summed E-state index contributed by atoms with van der Waals surface area (Å²) in [5.74, 6) is 0. The van der Waals surface area contributed by atoms with Gasteiger partial charge in [0.25, 0.3) is 0 Å². The maximum absolute atomic E-state index is 6.46. The summed E-state index contributed by atoms with van der Waals surface area (Å²) in [7, 11) is 2.19. The fourth-order valence-corrected chi connectivity index (χ4v) is 4.20. The Hall–Kier alpha value is -0.610. The van der Waals surface area contributed by atoms with Crippen LogP contribution < -0.4 is 5.32 Å². The number of nitrogens with one attached hydrogen (secondary N) is 1. The van der Waals surface area contributed by atoms with E-state index < -0.39 is 0 Å². The van der Waals surface area contributed by atoms with Crippen LogP contribution >= 0.6 is 22.9 Å². The summed E-state index contributed by atoms with van der Waals surface area (Å²) in [6, 6.07) is 8.96. The fraction of sp³-hybridized carbons (Fsp3) is 0.467. The summed E-state index contributed by atoms with van der Waals surface area (Å²) in [5, 5.41) is 5.77. The molecule has 1 fully saturated rings. The minimum absolute atomic E-state index is 0.597. The van der Waals surface area contributed by atoms with Gasteiger partial charge in [0.15, 0.2) is 0 Å². The van der Waals surface area contributed by atoms with Crippen molar-refractivity contribution in [3.05, 3.63) is 34.2 Å². The van der Waals surface area contributed by atoms with E-state index in [9.17, 15) is 0 Å². The third kappa shape index (κ3) is 2.95. The molecule has 0 radical (unpaired) electrons. The van der Waals surface area contributed by atoms with Crippen LogP contribution in [0.3, 0.4) is 0 Å². The van der Waals surface area contributed by atoms with Gasteiger partial charge in [-0.05, 0) is 32.5 Å². The molecule has 1 aliphatic rings. The second-order valence-electron chi connectivity index (χ2n) is 5.32. The quantitative estimate of drug-likeness (QED) is 0.928. The third-order valence-corrected chi connectivity index (χ3v) is 5.49. The van der Waals surface area contributed by atoms with Gasteiger partial charge in [-0.3, -0.25) is 0 Å². The lowest BCUT2D eigenvalue weighted by molar-refractivity contribution is 0.227. The molecular formula is C15H19ClN2S. The first kappa shape index (κ1) is 13.4. The van der Waals surface area contributed by atoms with E-state index in [0.717, 1.165) is 18.1 Å². The highest BCUT2D eigenvalue weighted by Gasteiger charge is 2.17. The van der Waals surface area contributed by atoms with E-state index in [2.05, 4.69) is 35.5 Å². The number of likely N-dealkylation sites (tertiary alicyclic amines) is 1. The number of hydrogen-bond acceptors (Lipinski definition) is 3. The number of thiophene rings is 1. The van der Waals surface area contributed by atoms with Gasteiger partial charge < -0.3 is 10.2 Å². The molecule has 1 saturated heterocycles. The number of piperidine rings is 1. The van der Waals surface area contributed by atoms with Crippen LogP contribution in [0.5, 0.6) is 0 Å². The molecule has 0 saturated carbocycles. The van der Waals surface area contributed by atoms with E-state index in [1.807, 2.05) is 6.07 Å². The van der Waals surface area contributed by atoms with Crippen molar-refractivity contribution < 1.29 is 0 Å². The first-order valence-electron chi connectivity index (χ1n) is 6.82. The first-order valence-corrected chi connectivity index (χ1v) is 8.01. The molecule has 1 N–H and O–H groups in total. The Morgan fingerprint density at radius 1 is 1.42 bits per heavy atom. The topological polar surface area (TPSA) is 15.3 Å². The zero-order valence-corrected chi connectivity index (χ0v) is 12.7. The monoisotopic (exact) mass is 294 g/mol. The second-order valence-corrected chi connectivity index (χ2v) is 6.83. The molecule has 4 heteroatoms. The normalized spacial score (nSPS) is 21.1. The van der Waals surface area contributed by atoms with E-state index >= 15 is 0 Å². The third-order valence-electron chi connectivity index (χ3n) is 3.78. The van der Waals surface area contributed by atoms with Crippen LogP contribution in [0.2, 0.25) is 5.02 Å². The number of hydrogen-bond donors (Lipinski definition) is 1. The highest BCUT2D eigenvalue weighted by atomic mass is 35.5. The SMILES string of the molecule is CN1CCCC(NCc2sc3ccccc3c2Cl)C1. The Kier molecular flexibility index (Phi) is 4.08. The number of benzene rings is 1. The minimum Gasteiger partial charge on any atom is -0.308 e. The lowest BCUT2D eigenvalue weighted by Gasteiger charge is -2.30. The first-order chi connectivity index (χ1) is 9.24. The molecule has 2 nitrogen and oxygen atoms in total. The molecule has 0 amide bonds. The van der Waals surface area contributed by atoms with Crippen molar-refractivity contribution in [3.63, 3.8) is 0 Å². The summed E-state index contributed by atoms with van der Waals surface area (Å²) >= 11 is 8.27. The zero-order valence-electron chi connectivity index (χ0n) is 11.2. The van der Waals surface area contributed by atoms with Gasteiger partial charge in [0.05, 0.1) is 5.02 Å². The Morgan fingerprint density at radius 2 is 2.26 bits per heavy atom. The van der Waals surface area contributed by atoms with Crippen LogP contribution in [-0.4, -0.2) is 31.1 Å². The maximum Gasteiger partial charge on any atom is 0.0636 e. The minimum atomic E-state index is 0.597. The van der Waals surface area contributed by atoms with Gasteiger partial charge in [-0.25, -0.2) is 0 Å². The Balaban J connectivity index is 1.69. The molecule has 19 heavy (non-hydrogen) atoms. The van der Waals surface area contributed by atoms with Gasteiger partial charge in [-0.1, -0.05) is 29.8 Å². The van der Waals surface area contributed by atoms with Gasteiger partial charge in [-0.2, -0.15) is 0 Å². The summed E-state index contributed by atoms with van der Waals surface area (Å²) in [6.45, 7) is 3.25. The molecule has 1 aliphatic heterocycles. The number of nitrogens with zero attached hydrogens (tertiary/aromatic N) is 1. The predicted molar refractivity (Wildman–Crippen MR) is 84.2 cm³/mol. The maximum atomic E-state index is 6.46. The smallest absolute Gasteiger partial charge is 0.0636 e. The van der Waals surface area contributed by atoms with Gasteiger partial charge in [0.2, 0.25) is 0 Å². The zero-order chi connectivity index (χ0) is 13.2. The molecule has 0 aliphatic carbocycles. The van der Waals surface area contributed by atoms with E-state index in [0.29, 0.717) is 6.04 Å². The van der Waals surface area contributed by atoms with Crippen LogP contribution in [0.15, 0.2) is 24.3 Å². The molecule has 3 rings (SSSR count). The van der Waals surface area contributed by atoms with E-state index in [-0.39, 0.29) is 0 Å². The molecule has 1 aromatic heterocycles. The highest BCUT2D eigenvalue weighted by molar-refractivity contribution is 7.19. The highest BCUT2D eigenvalue weighted by Crippen LogP contribution is 2.35. The number of rotatable bonds is 3. The molecule has 1 unspecified atom stereocenters. The van der Waals surface area contributed by atoms with Gasteiger partial charge in [-0.15, -0.1) is 11.3 Å². The van der Waals surface area contributed by atoms with E-state index in [1.165, 1.54) is 34.3 Å². The standard InChI is InChI=1S/C15H19ClN2S/c1-18-8-4-5-11(10-18)17-9-14-15(16)12-6-2-3-7-13(12)19-14/h2-3,6-7,11,17H,4-5,8-10H2,1H3. The van der Waals surface area contributed by atoms with Gasteiger partial charge >= 0.3 is 0 Å². The van der Waals surface area contributed by atoms with Gasteiger partial charge in [0.1, 0.15) is 0 Å². The lowest BCUT2D eigenvalue weighted by Crippen LogP contribution is -2.43. The Bertz CT molecular complexity index is 566. The molecule has 2 heterocycles. The number of fused-ring (bicyclic) bond motifs is 1. The second kappa shape index (κ2) is 5.80. The van der Waals surface area contributed by atoms with Crippen molar-refractivity contribution in [2.75, 3.05) is 20.1 Å². The Labute approximate surface area is 123 Å². The number of likely N-dealkylation sites (N-methyl/N-ethyl adjacent to an activating group) is 1. The van der Waals surface area contributed by atoms with Crippen molar-refractivity contribution in [3.8, 4) is 0 Å². The largest absolute Gasteiger partial charge is 0.308 e. The average molecular weight is 295 g/mol. The summed E-state index contributed by atoms with van der Waals surface area (Å²) < 4.78 is 1.28. The molecule has 0 bridgehead atoms. The summed E-state index contributed by atoms with van der Waals surface area (Å²) in [5.41, 5.74) is 0. The molecule has 102 valence electrons. The molecule has 1 atom stereocenters. The van der Waals surface area contributed by atoms with Crippen molar-refractivity contribution in [2.24, 2.45) is 0 Å². The van der Waals surface area contributed by atoms with Crippen molar-refractivity contribution in [1.29, 1.82) is 0 Å². The summed E-state index contributed by atoms with van der Waals surface area (Å²) in [4.78, 5) is 3.66. The Morgan fingerprint density at radius 3 is 3.05 bits per heavy atom.